The summed E-state index contributed by atoms with van der Waals surface area (Å²) in [7, 11) is 3.57. The van der Waals surface area contributed by atoms with Crippen LogP contribution in [-0.2, 0) is 0 Å². The molecule has 0 unspecified atom stereocenters. The Morgan fingerprint density at radius 2 is 1.96 bits per heavy atom. The van der Waals surface area contributed by atoms with E-state index >= 15 is 0 Å². The normalized spacial score (nSPS) is 15.1. The fraction of sp³-hybridized carbons (Fsp3) is 0.611. The molecule has 0 spiro atoms. The average molecular weight is 357 g/mol. The molecule has 24 heavy (non-hydrogen) atoms. The molecule has 0 saturated carbocycles. The molecule has 1 N–H and O–H groups in total. The summed E-state index contributed by atoms with van der Waals surface area (Å²) in [5, 5.41) is 3.22. The van der Waals surface area contributed by atoms with Crippen molar-refractivity contribution in [3.05, 3.63) is 23.8 Å². The van der Waals surface area contributed by atoms with Crippen LogP contribution in [0.15, 0.2) is 18.2 Å². The summed E-state index contributed by atoms with van der Waals surface area (Å²) in [6, 6.07) is 5.42. The summed E-state index contributed by atoms with van der Waals surface area (Å²) in [5.41, 5.74) is 0.657. The maximum absolute atomic E-state index is 12.7. The van der Waals surface area contributed by atoms with Gasteiger partial charge in [-0.05, 0) is 64.4 Å². The van der Waals surface area contributed by atoms with Gasteiger partial charge in [0, 0.05) is 18.7 Å². The highest BCUT2D eigenvalue weighted by molar-refractivity contribution is 5.95. The summed E-state index contributed by atoms with van der Waals surface area (Å²) in [6.07, 6.45) is 2.17. The fourth-order valence-corrected chi connectivity index (χ4v) is 2.96. The van der Waals surface area contributed by atoms with Crippen molar-refractivity contribution in [2.75, 3.05) is 33.8 Å². The Balaban J connectivity index is 0.00000288. The SMILES string of the molecule is CNCC1CCN(C(=O)c2ccc(OC(C)C)c(OC)c2)CC1.Cl. The summed E-state index contributed by atoms with van der Waals surface area (Å²) in [4.78, 5) is 14.6. The Kier molecular flexibility index (Phi) is 8.36. The van der Waals surface area contributed by atoms with Crippen molar-refractivity contribution in [1.29, 1.82) is 0 Å². The number of nitrogens with zero attached hydrogens (tertiary/aromatic N) is 1. The summed E-state index contributed by atoms with van der Waals surface area (Å²) >= 11 is 0. The standard InChI is InChI=1S/C18H28N2O3.ClH/c1-13(2)23-16-6-5-15(11-17(16)22-4)18(21)20-9-7-14(8-10-20)12-19-3;/h5-6,11,13-14,19H,7-10,12H2,1-4H3;1H. The minimum atomic E-state index is 0. The van der Waals surface area contributed by atoms with Gasteiger partial charge in [0.2, 0.25) is 0 Å². The van der Waals surface area contributed by atoms with Gasteiger partial charge in [0.25, 0.3) is 5.91 Å². The highest BCUT2D eigenvalue weighted by Gasteiger charge is 2.24. The molecule has 5 nitrogen and oxygen atoms in total. The van der Waals surface area contributed by atoms with Crippen LogP contribution in [0.25, 0.3) is 0 Å². The first-order chi connectivity index (χ1) is 11.0. The van der Waals surface area contributed by atoms with E-state index in [1.807, 2.05) is 37.9 Å². The number of carbonyl (C=O) groups is 1. The molecular formula is C18H29ClN2O3. The number of hydrogen-bond donors (Lipinski definition) is 1. The first-order valence-electron chi connectivity index (χ1n) is 8.33. The molecule has 1 aliphatic heterocycles. The Labute approximate surface area is 151 Å². The van der Waals surface area contributed by atoms with Gasteiger partial charge in [0.05, 0.1) is 13.2 Å². The molecule has 1 amide bonds. The van der Waals surface area contributed by atoms with Crippen molar-refractivity contribution in [3.63, 3.8) is 0 Å². The third-order valence-electron chi connectivity index (χ3n) is 4.17. The number of ether oxygens (including phenoxy) is 2. The smallest absolute Gasteiger partial charge is 0.253 e. The van der Waals surface area contributed by atoms with Crippen molar-refractivity contribution in [2.24, 2.45) is 5.92 Å². The lowest BCUT2D eigenvalue weighted by Crippen LogP contribution is -2.40. The third-order valence-corrected chi connectivity index (χ3v) is 4.17. The number of hydrogen-bond acceptors (Lipinski definition) is 4. The number of halogens is 1. The third kappa shape index (κ3) is 5.28. The van der Waals surface area contributed by atoms with Gasteiger partial charge in [-0.25, -0.2) is 0 Å². The monoisotopic (exact) mass is 356 g/mol. The number of methoxy groups -OCH3 is 1. The van der Waals surface area contributed by atoms with Gasteiger partial charge in [0.1, 0.15) is 0 Å². The first-order valence-corrected chi connectivity index (χ1v) is 8.33. The quantitative estimate of drug-likeness (QED) is 0.851. The Bertz CT molecular complexity index is 529. The van der Waals surface area contributed by atoms with Crippen molar-refractivity contribution >= 4 is 18.3 Å². The number of amides is 1. The maximum atomic E-state index is 12.7. The molecule has 1 saturated heterocycles. The van der Waals surface area contributed by atoms with Gasteiger partial charge in [-0.15, -0.1) is 12.4 Å². The fourth-order valence-electron chi connectivity index (χ4n) is 2.96. The molecule has 1 heterocycles. The molecule has 1 aliphatic rings. The summed E-state index contributed by atoms with van der Waals surface area (Å²) < 4.78 is 11.1. The molecule has 0 atom stereocenters. The van der Waals surface area contributed by atoms with Crippen LogP contribution in [0.5, 0.6) is 11.5 Å². The van der Waals surface area contributed by atoms with Gasteiger partial charge < -0.3 is 19.7 Å². The number of piperidine rings is 1. The minimum Gasteiger partial charge on any atom is -0.493 e. The topological polar surface area (TPSA) is 50.8 Å². The molecule has 1 aromatic carbocycles. The molecule has 1 aromatic rings. The lowest BCUT2D eigenvalue weighted by atomic mass is 9.96. The van der Waals surface area contributed by atoms with Crippen LogP contribution < -0.4 is 14.8 Å². The average Bonchev–Trinajstić information content (AvgIpc) is 2.55. The van der Waals surface area contributed by atoms with Gasteiger partial charge in [0.15, 0.2) is 11.5 Å². The molecule has 0 aliphatic carbocycles. The molecule has 0 bridgehead atoms. The summed E-state index contributed by atoms with van der Waals surface area (Å²) in [6.45, 7) is 6.59. The molecule has 2 rings (SSSR count). The van der Waals surface area contributed by atoms with E-state index in [1.165, 1.54) is 0 Å². The predicted molar refractivity (Wildman–Crippen MR) is 98.6 cm³/mol. The van der Waals surface area contributed by atoms with Gasteiger partial charge in [-0.2, -0.15) is 0 Å². The van der Waals surface area contributed by atoms with Crippen molar-refractivity contribution in [3.8, 4) is 11.5 Å². The second-order valence-electron chi connectivity index (χ2n) is 6.33. The molecule has 6 heteroatoms. The lowest BCUT2D eigenvalue weighted by molar-refractivity contribution is 0.0690. The largest absolute Gasteiger partial charge is 0.493 e. The number of rotatable bonds is 6. The van der Waals surface area contributed by atoms with Gasteiger partial charge >= 0.3 is 0 Å². The highest BCUT2D eigenvalue weighted by Crippen LogP contribution is 2.30. The second-order valence-corrected chi connectivity index (χ2v) is 6.33. The van der Waals surface area contributed by atoms with E-state index in [1.54, 1.807) is 13.2 Å². The number of nitrogens with one attached hydrogen (secondary N) is 1. The zero-order valence-corrected chi connectivity index (χ0v) is 15.8. The number of benzene rings is 1. The Hall–Kier alpha value is -1.46. The van der Waals surface area contributed by atoms with E-state index in [4.69, 9.17) is 9.47 Å². The molecule has 0 radical (unpaired) electrons. The molecule has 1 fully saturated rings. The summed E-state index contributed by atoms with van der Waals surface area (Å²) in [5.74, 6) is 2.02. The van der Waals surface area contributed by atoms with E-state index in [0.717, 1.165) is 32.5 Å². The van der Waals surface area contributed by atoms with Crippen LogP contribution in [0.2, 0.25) is 0 Å². The van der Waals surface area contributed by atoms with E-state index < -0.39 is 0 Å². The Morgan fingerprint density at radius 1 is 1.29 bits per heavy atom. The second kappa shape index (κ2) is 9.74. The zero-order chi connectivity index (χ0) is 16.8. The number of carbonyl (C=O) groups excluding carboxylic acids is 1. The first kappa shape index (κ1) is 20.6. The molecule has 136 valence electrons. The maximum Gasteiger partial charge on any atom is 0.253 e. The molecule has 0 aromatic heterocycles. The number of likely N-dealkylation sites (tertiary alicyclic amines) is 1. The van der Waals surface area contributed by atoms with E-state index in [2.05, 4.69) is 5.32 Å². The van der Waals surface area contributed by atoms with Crippen LogP contribution in [-0.4, -0.2) is 50.7 Å². The van der Waals surface area contributed by atoms with Crippen LogP contribution >= 0.6 is 12.4 Å². The van der Waals surface area contributed by atoms with E-state index in [0.29, 0.717) is 23.0 Å². The highest BCUT2D eigenvalue weighted by atomic mass is 35.5. The Morgan fingerprint density at radius 3 is 2.50 bits per heavy atom. The van der Waals surface area contributed by atoms with Crippen molar-refractivity contribution in [2.45, 2.75) is 32.8 Å². The van der Waals surface area contributed by atoms with Crippen LogP contribution in [0.1, 0.15) is 37.0 Å². The minimum absolute atomic E-state index is 0. The van der Waals surface area contributed by atoms with Gasteiger partial charge in [-0.1, -0.05) is 0 Å². The van der Waals surface area contributed by atoms with Crippen LogP contribution in [0, 0.1) is 5.92 Å². The lowest BCUT2D eigenvalue weighted by Gasteiger charge is -2.32. The molecular weight excluding hydrogens is 328 g/mol. The van der Waals surface area contributed by atoms with Gasteiger partial charge in [-0.3, -0.25) is 4.79 Å². The van der Waals surface area contributed by atoms with E-state index in [-0.39, 0.29) is 24.4 Å². The predicted octanol–water partition coefficient (Wildman–Crippen LogP) is 2.98. The van der Waals surface area contributed by atoms with E-state index in [9.17, 15) is 4.79 Å². The zero-order valence-electron chi connectivity index (χ0n) is 15.0. The van der Waals surface area contributed by atoms with Crippen molar-refractivity contribution in [1.82, 2.24) is 10.2 Å². The van der Waals surface area contributed by atoms with Crippen LogP contribution in [0.3, 0.4) is 0 Å². The van der Waals surface area contributed by atoms with Crippen LogP contribution in [0.4, 0.5) is 0 Å². The van der Waals surface area contributed by atoms with Crippen molar-refractivity contribution < 1.29 is 14.3 Å².